The van der Waals surface area contributed by atoms with Crippen molar-refractivity contribution in [2.75, 3.05) is 6.61 Å². The molecule has 0 bridgehead atoms. The van der Waals surface area contributed by atoms with Gasteiger partial charge in [0.1, 0.15) is 12.4 Å². The molecule has 1 amide bonds. The van der Waals surface area contributed by atoms with E-state index in [9.17, 15) is 14.4 Å². The average Bonchev–Trinajstić information content (AvgIpc) is 2.63. The second kappa shape index (κ2) is 9.51. The van der Waals surface area contributed by atoms with Crippen molar-refractivity contribution < 1.29 is 19.1 Å². The number of hydrogen-bond donors (Lipinski definition) is 1. The van der Waals surface area contributed by atoms with Crippen LogP contribution < -0.4 is 15.6 Å². The molecule has 1 unspecified atom stereocenters. The molecule has 8 nitrogen and oxygen atoms in total. The number of para-hydroxylation sites is 1. The first kappa shape index (κ1) is 20.2. The van der Waals surface area contributed by atoms with Crippen molar-refractivity contribution in [2.45, 2.75) is 39.5 Å². The number of nitrogens with zero attached hydrogens (tertiary/aromatic N) is 2. The van der Waals surface area contributed by atoms with Crippen molar-refractivity contribution in [1.29, 1.82) is 0 Å². The van der Waals surface area contributed by atoms with Crippen molar-refractivity contribution in [3.63, 3.8) is 0 Å². The molecule has 1 heterocycles. The van der Waals surface area contributed by atoms with Gasteiger partial charge in [-0.25, -0.2) is 9.48 Å². The molecule has 0 spiro atoms. The van der Waals surface area contributed by atoms with Gasteiger partial charge in [0.2, 0.25) is 0 Å². The van der Waals surface area contributed by atoms with Gasteiger partial charge in [-0.2, -0.15) is 5.10 Å². The molecule has 1 aromatic heterocycles. The van der Waals surface area contributed by atoms with Gasteiger partial charge in [0, 0.05) is 12.1 Å². The summed E-state index contributed by atoms with van der Waals surface area (Å²) < 4.78 is 11.8. The maximum Gasteiger partial charge on any atom is 0.359 e. The maximum atomic E-state index is 12.2. The third kappa shape index (κ3) is 6.25. The molecule has 0 aliphatic heterocycles. The van der Waals surface area contributed by atoms with Crippen LogP contribution in [0.3, 0.4) is 0 Å². The third-order valence-electron chi connectivity index (χ3n) is 3.47. The summed E-state index contributed by atoms with van der Waals surface area (Å²) in [7, 11) is 0. The van der Waals surface area contributed by atoms with Gasteiger partial charge in [0.15, 0.2) is 11.8 Å². The zero-order valence-corrected chi connectivity index (χ0v) is 15.5. The van der Waals surface area contributed by atoms with E-state index in [1.54, 1.807) is 26.0 Å². The quantitative estimate of drug-likeness (QED) is 0.702. The number of aromatic nitrogens is 2. The van der Waals surface area contributed by atoms with E-state index >= 15 is 0 Å². The fraction of sp³-hybridized carbons (Fsp3) is 0.368. The van der Waals surface area contributed by atoms with E-state index in [0.29, 0.717) is 5.75 Å². The van der Waals surface area contributed by atoms with E-state index in [0.717, 1.165) is 4.68 Å². The molecule has 27 heavy (non-hydrogen) atoms. The van der Waals surface area contributed by atoms with Crippen molar-refractivity contribution in [2.24, 2.45) is 0 Å². The van der Waals surface area contributed by atoms with Gasteiger partial charge in [0.05, 0.1) is 6.54 Å². The van der Waals surface area contributed by atoms with Crippen LogP contribution in [0.25, 0.3) is 0 Å². The van der Waals surface area contributed by atoms with Crippen LogP contribution in [0.2, 0.25) is 0 Å². The Hall–Kier alpha value is -3.16. The van der Waals surface area contributed by atoms with Crippen molar-refractivity contribution >= 4 is 11.9 Å². The molecule has 0 fully saturated rings. The number of amides is 1. The summed E-state index contributed by atoms with van der Waals surface area (Å²) in [6, 6.07) is 11.6. The first-order valence-corrected chi connectivity index (χ1v) is 8.64. The summed E-state index contributed by atoms with van der Waals surface area (Å²) in [4.78, 5) is 35.9. The Labute approximate surface area is 157 Å². The summed E-state index contributed by atoms with van der Waals surface area (Å²) in [5.41, 5.74) is -0.424. The number of carbonyl (C=O) groups excluding carboxylic acids is 2. The lowest BCUT2D eigenvalue weighted by Gasteiger charge is -2.15. The third-order valence-corrected chi connectivity index (χ3v) is 3.47. The fourth-order valence-corrected chi connectivity index (χ4v) is 2.16. The normalized spacial score (nSPS) is 11.7. The molecule has 8 heteroatoms. The summed E-state index contributed by atoms with van der Waals surface area (Å²) in [5.74, 6) is -0.506. The highest BCUT2D eigenvalue weighted by molar-refractivity contribution is 5.90. The van der Waals surface area contributed by atoms with Gasteiger partial charge >= 0.3 is 5.97 Å². The molecule has 0 saturated carbocycles. The van der Waals surface area contributed by atoms with E-state index in [4.69, 9.17) is 9.47 Å². The van der Waals surface area contributed by atoms with Crippen LogP contribution in [0, 0.1) is 0 Å². The predicted molar refractivity (Wildman–Crippen MR) is 98.6 cm³/mol. The number of rotatable bonds is 8. The van der Waals surface area contributed by atoms with Crippen LogP contribution in [-0.4, -0.2) is 40.4 Å². The van der Waals surface area contributed by atoms with Gasteiger partial charge < -0.3 is 14.8 Å². The lowest BCUT2D eigenvalue weighted by Crippen LogP contribution is -2.39. The second-order valence-corrected chi connectivity index (χ2v) is 6.15. The van der Waals surface area contributed by atoms with Gasteiger partial charge in [-0.3, -0.25) is 9.59 Å². The van der Waals surface area contributed by atoms with E-state index < -0.39 is 18.0 Å². The van der Waals surface area contributed by atoms with Crippen LogP contribution in [0.1, 0.15) is 31.3 Å². The monoisotopic (exact) mass is 373 g/mol. The summed E-state index contributed by atoms with van der Waals surface area (Å²) >= 11 is 0. The predicted octanol–water partition coefficient (Wildman–Crippen LogP) is 1.39. The Kier molecular flexibility index (Phi) is 7.10. The van der Waals surface area contributed by atoms with E-state index in [2.05, 4.69) is 10.4 Å². The lowest BCUT2D eigenvalue weighted by molar-refractivity contribution is -0.129. The minimum absolute atomic E-state index is 0.0569. The minimum atomic E-state index is -0.969. The summed E-state index contributed by atoms with van der Waals surface area (Å²) in [5, 5.41) is 6.65. The van der Waals surface area contributed by atoms with Crippen LogP contribution in [0.5, 0.6) is 5.75 Å². The molecular formula is C19H23N3O5. The lowest BCUT2D eigenvalue weighted by atomic mass is 10.3. The smallest absolute Gasteiger partial charge is 0.359 e. The topological polar surface area (TPSA) is 99.5 Å². The second-order valence-electron chi connectivity index (χ2n) is 6.15. The number of carbonyl (C=O) groups is 2. The Morgan fingerprint density at radius 3 is 2.48 bits per heavy atom. The highest BCUT2D eigenvalue weighted by atomic mass is 16.5. The van der Waals surface area contributed by atoms with E-state index in [-0.39, 0.29) is 30.4 Å². The maximum absolute atomic E-state index is 12.2. The van der Waals surface area contributed by atoms with Gasteiger partial charge in [-0.1, -0.05) is 18.2 Å². The molecule has 1 atom stereocenters. The number of nitrogens with one attached hydrogen (secondary N) is 1. The van der Waals surface area contributed by atoms with Crippen LogP contribution in [0.4, 0.5) is 0 Å². The Morgan fingerprint density at radius 1 is 1.11 bits per heavy atom. The number of benzene rings is 1. The number of esters is 1. The Bertz CT molecular complexity index is 833. The first-order valence-electron chi connectivity index (χ1n) is 8.64. The highest BCUT2D eigenvalue weighted by Crippen LogP contribution is 2.08. The zero-order valence-electron chi connectivity index (χ0n) is 15.5. The minimum Gasteiger partial charge on any atom is -0.492 e. The first-order chi connectivity index (χ1) is 12.9. The number of hydrogen-bond acceptors (Lipinski definition) is 6. The molecule has 144 valence electrons. The van der Waals surface area contributed by atoms with Gasteiger partial charge in [0.25, 0.3) is 11.5 Å². The largest absolute Gasteiger partial charge is 0.492 e. The molecule has 2 aromatic rings. The molecule has 0 aliphatic rings. The molecule has 0 aliphatic carbocycles. The number of ether oxygens (including phenoxy) is 2. The summed E-state index contributed by atoms with van der Waals surface area (Å²) in [6.45, 7) is 5.46. The van der Waals surface area contributed by atoms with Crippen molar-refractivity contribution in [1.82, 2.24) is 15.1 Å². The SMILES string of the molecule is CC(C)NC(=O)C(C)OC(=O)c1ccc(=O)n(CCOc2ccccc2)n1. The van der Waals surface area contributed by atoms with Crippen molar-refractivity contribution in [3.8, 4) is 5.75 Å². The molecule has 2 rings (SSSR count). The van der Waals surface area contributed by atoms with Gasteiger partial charge in [-0.15, -0.1) is 0 Å². The molecule has 1 N–H and O–H groups in total. The molecule has 1 aromatic carbocycles. The highest BCUT2D eigenvalue weighted by Gasteiger charge is 2.20. The van der Waals surface area contributed by atoms with Gasteiger partial charge in [-0.05, 0) is 39.0 Å². The standard InChI is InChI=1S/C19H23N3O5/c1-13(2)20-18(24)14(3)27-19(25)16-9-10-17(23)22(21-16)11-12-26-15-7-5-4-6-8-15/h4-10,13-14H,11-12H2,1-3H3,(H,20,24). The summed E-state index contributed by atoms with van der Waals surface area (Å²) in [6.07, 6.45) is -0.969. The van der Waals surface area contributed by atoms with E-state index in [1.807, 2.05) is 18.2 Å². The molecule has 0 radical (unpaired) electrons. The molecular weight excluding hydrogens is 350 g/mol. The van der Waals surface area contributed by atoms with Crippen molar-refractivity contribution in [3.05, 3.63) is 58.5 Å². The van der Waals surface area contributed by atoms with Crippen LogP contribution in [-0.2, 0) is 16.1 Å². The van der Waals surface area contributed by atoms with Crippen LogP contribution >= 0.6 is 0 Å². The van der Waals surface area contributed by atoms with E-state index in [1.165, 1.54) is 19.1 Å². The fourth-order valence-electron chi connectivity index (χ4n) is 2.16. The molecule has 0 saturated heterocycles. The Balaban J connectivity index is 1.97. The average molecular weight is 373 g/mol. The van der Waals surface area contributed by atoms with Crippen LogP contribution in [0.15, 0.2) is 47.3 Å². The Morgan fingerprint density at radius 2 is 1.81 bits per heavy atom. The zero-order chi connectivity index (χ0) is 19.8.